The fraction of sp³-hybridized carbons (Fsp3) is 0.846. The van der Waals surface area contributed by atoms with Crippen molar-refractivity contribution in [3.63, 3.8) is 0 Å². The quantitative estimate of drug-likeness (QED) is 0.678. The monoisotopic (exact) mass is 195 g/mol. The molecule has 0 bridgehead atoms. The molecule has 0 aromatic rings. The molecule has 0 radical (unpaired) electrons. The topological polar surface area (TPSA) is 12.0 Å². The van der Waals surface area contributed by atoms with Crippen molar-refractivity contribution in [3.8, 4) is 0 Å². The van der Waals surface area contributed by atoms with Crippen molar-refractivity contribution in [2.45, 2.75) is 46.0 Å². The van der Waals surface area contributed by atoms with Crippen LogP contribution in [0.15, 0.2) is 11.6 Å². The standard InChI is InChI=1S/C13H25N/c1-4-12(10-14-3)9-13-7-5-6-11(2)8-13/h9,11,13-14H,4-8,10H2,1-3H3. The lowest BCUT2D eigenvalue weighted by molar-refractivity contribution is 0.324. The second-order valence-electron chi connectivity index (χ2n) is 4.74. The lowest BCUT2D eigenvalue weighted by atomic mass is 9.81. The highest BCUT2D eigenvalue weighted by Gasteiger charge is 2.16. The number of hydrogen-bond donors (Lipinski definition) is 1. The molecule has 1 saturated carbocycles. The third-order valence-electron chi connectivity index (χ3n) is 3.31. The van der Waals surface area contributed by atoms with Crippen LogP contribution in [0.4, 0.5) is 0 Å². The maximum atomic E-state index is 3.25. The normalized spacial score (nSPS) is 29.2. The van der Waals surface area contributed by atoms with E-state index in [0.717, 1.165) is 18.4 Å². The summed E-state index contributed by atoms with van der Waals surface area (Å²) in [5.74, 6) is 1.81. The van der Waals surface area contributed by atoms with Crippen molar-refractivity contribution in [1.29, 1.82) is 0 Å². The Hall–Kier alpha value is -0.300. The van der Waals surface area contributed by atoms with Gasteiger partial charge in [-0.05, 0) is 38.1 Å². The van der Waals surface area contributed by atoms with E-state index in [0.29, 0.717) is 0 Å². The lowest BCUT2D eigenvalue weighted by Crippen LogP contribution is -2.15. The first-order chi connectivity index (χ1) is 6.76. The minimum atomic E-state index is 0.863. The van der Waals surface area contributed by atoms with Crippen LogP contribution < -0.4 is 5.32 Å². The second kappa shape index (κ2) is 6.23. The van der Waals surface area contributed by atoms with Crippen molar-refractivity contribution in [2.24, 2.45) is 11.8 Å². The molecule has 1 fully saturated rings. The molecule has 0 amide bonds. The minimum absolute atomic E-state index is 0.863. The summed E-state index contributed by atoms with van der Waals surface area (Å²) in [5.41, 5.74) is 1.59. The summed E-state index contributed by atoms with van der Waals surface area (Å²) in [7, 11) is 2.03. The molecular weight excluding hydrogens is 170 g/mol. The van der Waals surface area contributed by atoms with Gasteiger partial charge in [0.05, 0.1) is 0 Å². The summed E-state index contributed by atoms with van der Waals surface area (Å²) in [6.45, 7) is 5.72. The molecule has 1 aliphatic rings. The zero-order valence-corrected chi connectivity index (χ0v) is 9.97. The molecule has 1 aliphatic carbocycles. The van der Waals surface area contributed by atoms with E-state index in [-0.39, 0.29) is 0 Å². The zero-order chi connectivity index (χ0) is 10.4. The predicted octanol–water partition coefficient (Wildman–Crippen LogP) is 3.37. The molecule has 0 aromatic heterocycles. The fourth-order valence-electron chi connectivity index (χ4n) is 2.49. The molecular formula is C13H25N. The van der Waals surface area contributed by atoms with Gasteiger partial charge in [-0.3, -0.25) is 0 Å². The lowest BCUT2D eigenvalue weighted by Gasteiger charge is -2.25. The number of rotatable bonds is 4. The molecule has 82 valence electrons. The Kier molecular flexibility index (Phi) is 5.24. The first kappa shape index (κ1) is 11.8. The highest BCUT2D eigenvalue weighted by Crippen LogP contribution is 2.30. The summed E-state index contributed by atoms with van der Waals surface area (Å²) in [5, 5.41) is 3.25. The van der Waals surface area contributed by atoms with Crippen molar-refractivity contribution in [1.82, 2.24) is 5.32 Å². The predicted molar refractivity (Wildman–Crippen MR) is 63.4 cm³/mol. The fourth-order valence-corrected chi connectivity index (χ4v) is 2.49. The van der Waals surface area contributed by atoms with E-state index in [1.807, 2.05) is 7.05 Å². The molecule has 0 aromatic carbocycles. The molecule has 1 nitrogen and oxygen atoms in total. The van der Waals surface area contributed by atoms with Crippen LogP contribution in [0.3, 0.4) is 0 Å². The minimum Gasteiger partial charge on any atom is -0.316 e. The van der Waals surface area contributed by atoms with E-state index < -0.39 is 0 Å². The summed E-state index contributed by atoms with van der Waals surface area (Å²) < 4.78 is 0. The average molecular weight is 195 g/mol. The third-order valence-corrected chi connectivity index (χ3v) is 3.31. The van der Waals surface area contributed by atoms with E-state index in [1.54, 1.807) is 5.57 Å². The maximum Gasteiger partial charge on any atom is 0.0161 e. The van der Waals surface area contributed by atoms with Crippen molar-refractivity contribution in [3.05, 3.63) is 11.6 Å². The Labute approximate surface area is 89.0 Å². The zero-order valence-electron chi connectivity index (χ0n) is 9.97. The number of nitrogens with one attached hydrogen (secondary N) is 1. The molecule has 0 heterocycles. The van der Waals surface area contributed by atoms with Crippen LogP contribution in [0.1, 0.15) is 46.0 Å². The average Bonchev–Trinajstić information content (AvgIpc) is 2.17. The van der Waals surface area contributed by atoms with Crippen LogP contribution in [0.5, 0.6) is 0 Å². The Morgan fingerprint density at radius 3 is 2.79 bits per heavy atom. The summed E-state index contributed by atoms with van der Waals surface area (Å²) in [6, 6.07) is 0. The Morgan fingerprint density at radius 2 is 2.21 bits per heavy atom. The van der Waals surface area contributed by atoms with Crippen LogP contribution in [-0.4, -0.2) is 13.6 Å². The maximum absolute atomic E-state index is 3.25. The van der Waals surface area contributed by atoms with Gasteiger partial charge in [0.25, 0.3) is 0 Å². The summed E-state index contributed by atoms with van der Waals surface area (Å²) >= 11 is 0. The first-order valence-corrected chi connectivity index (χ1v) is 6.10. The van der Waals surface area contributed by atoms with Crippen LogP contribution in [0, 0.1) is 11.8 Å². The van der Waals surface area contributed by atoms with Gasteiger partial charge in [0, 0.05) is 6.54 Å². The van der Waals surface area contributed by atoms with Gasteiger partial charge in [-0.15, -0.1) is 0 Å². The molecule has 2 atom stereocenters. The smallest absolute Gasteiger partial charge is 0.0161 e. The van der Waals surface area contributed by atoms with Crippen LogP contribution in [-0.2, 0) is 0 Å². The molecule has 1 rings (SSSR count). The molecule has 0 aliphatic heterocycles. The van der Waals surface area contributed by atoms with Crippen molar-refractivity contribution < 1.29 is 0 Å². The molecule has 1 N–H and O–H groups in total. The largest absolute Gasteiger partial charge is 0.316 e. The summed E-state index contributed by atoms with van der Waals surface area (Å²) in [4.78, 5) is 0. The van der Waals surface area contributed by atoms with E-state index >= 15 is 0 Å². The first-order valence-electron chi connectivity index (χ1n) is 6.10. The van der Waals surface area contributed by atoms with E-state index in [2.05, 4.69) is 25.2 Å². The highest BCUT2D eigenvalue weighted by atomic mass is 14.8. The number of allylic oxidation sites excluding steroid dienone is 1. The molecule has 14 heavy (non-hydrogen) atoms. The Bertz CT molecular complexity index is 184. The molecule has 2 unspecified atom stereocenters. The molecule has 1 heteroatoms. The Balaban J connectivity index is 2.45. The van der Waals surface area contributed by atoms with Gasteiger partial charge in [-0.2, -0.15) is 0 Å². The van der Waals surface area contributed by atoms with Gasteiger partial charge < -0.3 is 5.32 Å². The summed E-state index contributed by atoms with van der Waals surface area (Å²) in [6.07, 6.45) is 9.43. The van der Waals surface area contributed by atoms with Crippen LogP contribution in [0.25, 0.3) is 0 Å². The molecule has 0 spiro atoms. The number of likely N-dealkylation sites (N-methyl/N-ethyl adjacent to an activating group) is 1. The Morgan fingerprint density at radius 1 is 1.43 bits per heavy atom. The van der Waals surface area contributed by atoms with Gasteiger partial charge in [0.1, 0.15) is 0 Å². The number of hydrogen-bond acceptors (Lipinski definition) is 1. The van der Waals surface area contributed by atoms with Gasteiger partial charge in [0.15, 0.2) is 0 Å². The highest BCUT2D eigenvalue weighted by molar-refractivity contribution is 5.06. The van der Waals surface area contributed by atoms with Crippen LogP contribution in [0.2, 0.25) is 0 Å². The van der Waals surface area contributed by atoms with Gasteiger partial charge in [-0.25, -0.2) is 0 Å². The van der Waals surface area contributed by atoms with Crippen molar-refractivity contribution >= 4 is 0 Å². The molecule has 0 saturated heterocycles. The van der Waals surface area contributed by atoms with Gasteiger partial charge in [0.2, 0.25) is 0 Å². The van der Waals surface area contributed by atoms with E-state index in [4.69, 9.17) is 0 Å². The SMILES string of the molecule is CCC(=CC1CCCC(C)C1)CNC. The van der Waals surface area contributed by atoms with Crippen molar-refractivity contribution in [2.75, 3.05) is 13.6 Å². The second-order valence-corrected chi connectivity index (χ2v) is 4.74. The van der Waals surface area contributed by atoms with Gasteiger partial charge in [-0.1, -0.05) is 38.3 Å². The van der Waals surface area contributed by atoms with Crippen LogP contribution >= 0.6 is 0 Å². The third kappa shape index (κ3) is 3.83. The van der Waals surface area contributed by atoms with E-state index in [9.17, 15) is 0 Å². The van der Waals surface area contributed by atoms with Gasteiger partial charge >= 0.3 is 0 Å². The van der Waals surface area contributed by atoms with E-state index in [1.165, 1.54) is 32.1 Å².